The van der Waals surface area contributed by atoms with E-state index in [4.69, 9.17) is 21.4 Å². The van der Waals surface area contributed by atoms with E-state index in [0.29, 0.717) is 0 Å². The molecule has 0 saturated heterocycles. The van der Waals surface area contributed by atoms with Gasteiger partial charge in [-0.05, 0) is 32.9 Å². The van der Waals surface area contributed by atoms with E-state index in [0.717, 1.165) is 12.1 Å². The van der Waals surface area contributed by atoms with Crippen LogP contribution in [0.5, 0.6) is 0 Å². The Morgan fingerprint density at radius 3 is 2.42 bits per heavy atom. The van der Waals surface area contributed by atoms with Gasteiger partial charge < -0.3 is 9.84 Å². The van der Waals surface area contributed by atoms with Gasteiger partial charge in [0.1, 0.15) is 11.4 Å². The first kappa shape index (κ1) is 15.2. The Morgan fingerprint density at radius 2 is 1.95 bits per heavy atom. The first-order chi connectivity index (χ1) is 8.60. The van der Waals surface area contributed by atoms with E-state index < -0.39 is 23.5 Å². The summed E-state index contributed by atoms with van der Waals surface area (Å²) in [6.45, 7) is 4.94. The number of carbonyl (C=O) groups excluding carboxylic acids is 1. The highest BCUT2D eigenvalue weighted by atomic mass is 35.5. The van der Waals surface area contributed by atoms with Gasteiger partial charge in [-0.1, -0.05) is 11.6 Å². The SMILES string of the molecule is CC(C)(C)OC(=O)Nc1cc(C(=O)O)c(Cl)cc1F. The minimum Gasteiger partial charge on any atom is -0.478 e. The molecule has 1 aromatic carbocycles. The number of ether oxygens (including phenoxy) is 1. The van der Waals surface area contributed by atoms with E-state index in [1.165, 1.54) is 0 Å². The highest BCUT2D eigenvalue weighted by Gasteiger charge is 2.19. The normalized spacial score (nSPS) is 11.0. The molecule has 1 aromatic rings. The summed E-state index contributed by atoms with van der Waals surface area (Å²) in [5, 5.41) is 10.7. The summed E-state index contributed by atoms with van der Waals surface area (Å²) in [5.74, 6) is -2.17. The average Bonchev–Trinajstić information content (AvgIpc) is 2.18. The molecule has 1 rings (SSSR count). The van der Waals surface area contributed by atoms with Crippen LogP contribution in [0.3, 0.4) is 0 Å². The number of hydrogen-bond donors (Lipinski definition) is 2. The van der Waals surface area contributed by atoms with Crippen molar-refractivity contribution < 1.29 is 23.8 Å². The lowest BCUT2D eigenvalue weighted by Crippen LogP contribution is -2.27. The second-order valence-electron chi connectivity index (χ2n) is 4.74. The highest BCUT2D eigenvalue weighted by Crippen LogP contribution is 2.24. The Bertz CT molecular complexity index is 525. The molecule has 5 nitrogen and oxygen atoms in total. The average molecular weight is 290 g/mol. The summed E-state index contributed by atoms with van der Waals surface area (Å²) in [7, 11) is 0. The van der Waals surface area contributed by atoms with Crippen molar-refractivity contribution in [2.75, 3.05) is 5.32 Å². The Hall–Kier alpha value is -1.82. The van der Waals surface area contributed by atoms with Gasteiger partial charge in [-0.15, -0.1) is 0 Å². The summed E-state index contributed by atoms with van der Waals surface area (Å²) in [5.41, 5.74) is -1.37. The summed E-state index contributed by atoms with van der Waals surface area (Å²) in [4.78, 5) is 22.3. The molecule has 19 heavy (non-hydrogen) atoms. The smallest absolute Gasteiger partial charge is 0.412 e. The number of amides is 1. The summed E-state index contributed by atoms with van der Waals surface area (Å²) < 4.78 is 18.5. The first-order valence-corrected chi connectivity index (χ1v) is 5.70. The van der Waals surface area contributed by atoms with Gasteiger partial charge in [-0.2, -0.15) is 0 Å². The van der Waals surface area contributed by atoms with Crippen LogP contribution >= 0.6 is 11.6 Å². The Balaban J connectivity index is 2.99. The van der Waals surface area contributed by atoms with Gasteiger partial charge in [0, 0.05) is 0 Å². The zero-order chi connectivity index (χ0) is 14.8. The monoisotopic (exact) mass is 289 g/mol. The standard InChI is InChI=1S/C12H13ClFNO4/c1-12(2,3)19-11(18)15-9-4-6(10(16)17)7(13)5-8(9)14/h4-5H,1-3H3,(H,15,18)(H,16,17). The second-order valence-corrected chi connectivity index (χ2v) is 5.15. The van der Waals surface area contributed by atoms with E-state index in [2.05, 4.69) is 5.32 Å². The molecule has 0 atom stereocenters. The van der Waals surface area contributed by atoms with Crippen LogP contribution in [-0.4, -0.2) is 22.8 Å². The lowest BCUT2D eigenvalue weighted by Gasteiger charge is -2.20. The highest BCUT2D eigenvalue weighted by molar-refractivity contribution is 6.33. The fraction of sp³-hybridized carbons (Fsp3) is 0.333. The number of carbonyl (C=O) groups is 2. The molecule has 0 aromatic heterocycles. The summed E-state index contributed by atoms with van der Waals surface area (Å²) in [6, 6.07) is 1.75. The molecule has 0 saturated carbocycles. The minimum absolute atomic E-state index is 0.250. The number of carboxylic acid groups (broad SMARTS) is 1. The number of nitrogens with one attached hydrogen (secondary N) is 1. The third-order valence-corrected chi connectivity index (χ3v) is 2.24. The molecule has 104 valence electrons. The number of halogens is 2. The molecule has 0 radical (unpaired) electrons. The van der Waals surface area contributed by atoms with Crippen molar-refractivity contribution in [2.45, 2.75) is 26.4 Å². The number of hydrogen-bond acceptors (Lipinski definition) is 3. The predicted octanol–water partition coefficient (Wildman–Crippen LogP) is 3.52. The van der Waals surface area contributed by atoms with Crippen LogP contribution in [0, 0.1) is 5.82 Å². The molecule has 7 heteroatoms. The zero-order valence-electron chi connectivity index (χ0n) is 10.6. The van der Waals surface area contributed by atoms with Gasteiger partial charge in [0.25, 0.3) is 0 Å². The summed E-state index contributed by atoms with van der Waals surface area (Å²) >= 11 is 5.57. The van der Waals surface area contributed by atoms with Crippen molar-refractivity contribution in [3.63, 3.8) is 0 Å². The van der Waals surface area contributed by atoms with Gasteiger partial charge in [-0.3, -0.25) is 5.32 Å². The summed E-state index contributed by atoms with van der Waals surface area (Å²) in [6.07, 6.45) is -0.884. The van der Waals surface area contributed by atoms with E-state index >= 15 is 0 Å². The molecule has 0 aliphatic rings. The molecule has 1 amide bonds. The van der Waals surface area contributed by atoms with Crippen molar-refractivity contribution in [2.24, 2.45) is 0 Å². The van der Waals surface area contributed by atoms with E-state index in [1.54, 1.807) is 20.8 Å². The topological polar surface area (TPSA) is 75.6 Å². The second kappa shape index (κ2) is 5.44. The van der Waals surface area contributed by atoms with Gasteiger partial charge in [0.2, 0.25) is 0 Å². The molecule has 0 fully saturated rings. The van der Waals surface area contributed by atoms with Crippen LogP contribution in [0.15, 0.2) is 12.1 Å². The maximum atomic E-state index is 13.5. The fourth-order valence-corrected chi connectivity index (χ4v) is 1.45. The Kier molecular flexibility index (Phi) is 4.36. The fourth-order valence-electron chi connectivity index (χ4n) is 1.22. The van der Waals surface area contributed by atoms with Crippen LogP contribution in [0.25, 0.3) is 0 Å². The maximum absolute atomic E-state index is 13.5. The van der Waals surface area contributed by atoms with Crippen molar-refractivity contribution >= 4 is 29.4 Å². The van der Waals surface area contributed by atoms with E-state index in [9.17, 15) is 14.0 Å². The van der Waals surface area contributed by atoms with Crippen LogP contribution in [-0.2, 0) is 4.74 Å². The van der Waals surface area contributed by atoms with Gasteiger partial charge in [0.15, 0.2) is 0 Å². The number of aromatic carboxylic acids is 1. The van der Waals surface area contributed by atoms with Gasteiger partial charge in [-0.25, -0.2) is 14.0 Å². The molecule has 0 unspecified atom stereocenters. The number of rotatable bonds is 2. The molecule has 0 spiro atoms. The zero-order valence-corrected chi connectivity index (χ0v) is 11.3. The van der Waals surface area contributed by atoms with Crippen molar-refractivity contribution in [1.82, 2.24) is 0 Å². The van der Waals surface area contributed by atoms with Crippen molar-refractivity contribution in [3.8, 4) is 0 Å². The lowest BCUT2D eigenvalue weighted by atomic mass is 10.2. The van der Waals surface area contributed by atoms with E-state index in [-0.39, 0.29) is 16.3 Å². The molecular formula is C12H13ClFNO4. The molecular weight excluding hydrogens is 277 g/mol. The van der Waals surface area contributed by atoms with Gasteiger partial charge in [0.05, 0.1) is 16.3 Å². The number of carboxylic acids is 1. The van der Waals surface area contributed by atoms with Crippen LogP contribution in [0.2, 0.25) is 5.02 Å². The maximum Gasteiger partial charge on any atom is 0.412 e. The van der Waals surface area contributed by atoms with Crippen molar-refractivity contribution in [1.29, 1.82) is 0 Å². The molecule has 2 N–H and O–H groups in total. The van der Waals surface area contributed by atoms with Crippen molar-refractivity contribution in [3.05, 3.63) is 28.5 Å². The third kappa shape index (κ3) is 4.40. The van der Waals surface area contributed by atoms with Crippen LogP contribution in [0.4, 0.5) is 14.9 Å². The molecule has 0 bridgehead atoms. The van der Waals surface area contributed by atoms with Gasteiger partial charge >= 0.3 is 12.1 Å². The molecule has 0 aliphatic carbocycles. The quantitative estimate of drug-likeness (QED) is 0.873. The lowest BCUT2D eigenvalue weighted by molar-refractivity contribution is 0.0632. The molecule has 0 heterocycles. The Morgan fingerprint density at radius 1 is 1.37 bits per heavy atom. The predicted molar refractivity (Wildman–Crippen MR) is 68.2 cm³/mol. The first-order valence-electron chi connectivity index (χ1n) is 5.32. The number of benzene rings is 1. The largest absolute Gasteiger partial charge is 0.478 e. The Labute approximate surface area is 114 Å². The number of anilines is 1. The van der Waals surface area contributed by atoms with Crippen LogP contribution in [0.1, 0.15) is 31.1 Å². The van der Waals surface area contributed by atoms with E-state index in [1.807, 2.05) is 0 Å². The minimum atomic E-state index is -1.32. The third-order valence-electron chi connectivity index (χ3n) is 1.92. The van der Waals surface area contributed by atoms with Crippen LogP contribution < -0.4 is 5.32 Å². The molecule has 0 aliphatic heterocycles.